The van der Waals surface area contributed by atoms with E-state index in [-0.39, 0.29) is 34.6 Å². The number of aromatic nitrogens is 2. The standard InChI is InChI=1S/C12H8BrF3N2O3/c13-6-1-2-7(8(5-6)12(14,15)16)11-17-9(21-18-11)3-4-10(19)20/h1-2,5H,3-4H2,(H,19,20). The maximum Gasteiger partial charge on any atom is 0.417 e. The Labute approximate surface area is 124 Å². The second-order valence-corrected chi connectivity index (χ2v) is 5.01. The van der Waals surface area contributed by atoms with E-state index in [1.807, 2.05) is 0 Å². The van der Waals surface area contributed by atoms with Gasteiger partial charge in [0.25, 0.3) is 0 Å². The monoisotopic (exact) mass is 364 g/mol. The second-order valence-electron chi connectivity index (χ2n) is 4.09. The molecule has 1 aromatic carbocycles. The molecule has 2 aromatic rings. The molecule has 1 heterocycles. The first-order valence-corrected chi connectivity index (χ1v) is 6.48. The molecule has 0 saturated carbocycles. The molecule has 0 saturated heterocycles. The molecule has 0 unspecified atom stereocenters. The average Bonchev–Trinajstić information content (AvgIpc) is 2.84. The van der Waals surface area contributed by atoms with Crippen molar-refractivity contribution in [1.29, 1.82) is 0 Å². The van der Waals surface area contributed by atoms with Crippen LogP contribution in [0.25, 0.3) is 11.4 Å². The van der Waals surface area contributed by atoms with Crippen molar-refractivity contribution in [2.24, 2.45) is 0 Å². The van der Waals surface area contributed by atoms with Crippen LogP contribution in [0.4, 0.5) is 13.2 Å². The van der Waals surface area contributed by atoms with Gasteiger partial charge in [-0.25, -0.2) is 0 Å². The van der Waals surface area contributed by atoms with Gasteiger partial charge >= 0.3 is 12.1 Å². The van der Waals surface area contributed by atoms with Crippen LogP contribution < -0.4 is 0 Å². The van der Waals surface area contributed by atoms with E-state index in [0.717, 1.165) is 6.07 Å². The van der Waals surface area contributed by atoms with Crippen molar-refractivity contribution < 1.29 is 27.6 Å². The van der Waals surface area contributed by atoms with Gasteiger partial charge in [0, 0.05) is 16.5 Å². The first-order valence-electron chi connectivity index (χ1n) is 5.69. The highest BCUT2D eigenvalue weighted by atomic mass is 79.9. The third kappa shape index (κ3) is 3.81. The number of benzene rings is 1. The van der Waals surface area contributed by atoms with Gasteiger partial charge in [0.2, 0.25) is 11.7 Å². The molecule has 0 fully saturated rings. The zero-order valence-corrected chi connectivity index (χ0v) is 11.9. The molecule has 5 nitrogen and oxygen atoms in total. The predicted octanol–water partition coefficient (Wildman–Crippen LogP) is 3.54. The van der Waals surface area contributed by atoms with E-state index in [4.69, 9.17) is 9.63 Å². The van der Waals surface area contributed by atoms with Gasteiger partial charge in [0.1, 0.15) is 0 Å². The van der Waals surface area contributed by atoms with Crippen molar-refractivity contribution in [3.63, 3.8) is 0 Å². The molecule has 0 bridgehead atoms. The molecule has 0 aliphatic rings. The van der Waals surface area contributed by atoms with Gasteiger partial charge < -0.3 is 9.63 Å². The maximum atomic E-state index is 13.0. The van der Waals surface area contributed by atoms with Crippen LogP contribution in [-0.4, -0.2) is 21.2 Å². The van der Waals surface area contributed by atoms with Crippen molar-refractivity contribution in [1.82, 2.24) is 10.1 Å². The first-order chi connectivity index (χ1) is 9.77. The van der Waals surface area contributed by atoms with Crippen LogP contribution in [0.5, 0.6) is 0 Å². The number of hydrogen-bond acceptors (Lipinski definition) is 4. The lowest BCUT2D eigenvalue weighted by atomic mass is 10.1. The van der Waals surface area contributed by atoms with Crippen LogP contribution >= 0.6 is 15.9 Å². The normalized spacial score (nSPS) is 11.6. The van der Waals surface area contributed by atoms with Gasteiger partial charge in [-0.05, 0) is 18.2 Å². The summed E-state index contributed by atoms with van der Waals surface area (Å²) < 4.78 is 44.0. The van der Waals surface area contributed by atoms with Crippen molar-refractivity contribution in [2.45, 2.75) is 19.0 Å². The summed E-state index contributed by atoms with van der Waals surface area (Å²) in [7, 11) is 0. The summed E-state index contributed by atoms with van der Waals surface area (Å²) in [5.41, 5.74) is -1.13. The molecule has 0 spiro atoms. The van der Waals surface area contributed by atoms with Gasteiger partial charge in [-0.15, -0.1) is 0 Å². The van der Waals surface area contributed by atoms with Crippen molar-refractivity contribution >= 4 is 21.9 Å². The van der Waals surface area contributed by atoms with Gasteiger partial charge in [0.05, 0.1) is 12.0 Å². The number of carboxylic acids is 1. The number of carboxylic acid groups (broad SMARTS) is 1. The second kappa shape index (κ2) is 5.84. The fourth-order valence-electron chi connectivity index (χ4n) is 1.63. The van der Waals surface area contributed by atoms with Crippen LogP contribution in [0.3, 0.4) is 0 Å². The van der Waals surface area contributed by atoms with Crippen molar-refractivity contribution in [3.8, 4) is 11.4 Å². The summed E-state index contributed by atoms with van der Waals surface area (Å²) in [6.07, 6.45) is -4.85. The Morgan fingerprint density at radius 1 is 1.38 bits per heavy atom. The molecule has 0 aliphatic carbocycles. The lowest BCUT2D eigenvalue weighted by molar-refractivity contribution is -0.138. The number of halogens is 4. The highest BCUT2D eigenvalue weighted by Crippen LogP contribution is 2.37. The van der Waals surface area contributed by atoms with E-state index in [1.165, 1.54) is 12.1 Å². The number of carbonyl (C=O) groups is 1. The molecule has 0 amide bonds. The van der Waals surface area contributed by atoms with Crippen LogP contribution in [-0.2, 0) is 17.4 Å². The predicted molar refractivity (Wildman–Crippen MR) is 68.4 cm³/mol. The lowest BCUT2D eigenvalue weighted by Gasteiger charge is -2.10. The Morgan fingerprint density at radius 2 is 2.10 bits per heavy atom. The number of aryl methyl sites for hydroxylation is 1. The Morgan fingerprint density at radius 3 is 2.71 bits per heavy atom. The van der Waals surface area contributed by atoms with Crippen LogP contribution in [0.1, 0.15) is 17.9 Å². The van der Waals surface area contributed by atoms with Gasteiger partial charge in [-0.2, -0.15) is 18.2 Å². The average molecular weight is 365 g/mol. The largest absolute Gasteiger partial charge is 0.481 e. The van der Waals surface area contributed by atoms with E-state index in [0.29, 0.717) is 0 Å². The highest BCUT2D eigenvalue weighted by molar-refractivity contribution is 9.10. The zero-order valence-electron chi connectivity index (χ0n) is 10.3. The molecular weight excluding hydrogens is 357 g/mol. The smallest absolute Gasteiger partial charge is 0.417 e. The Kier molecular flexibility index (Phi) is 4.31. The Hall–Kier alpha value is -1.90. The molecule has 0 atom stereocenters. The molecule has 0 radical (unpaired) electrons. The fourth-order valence-corrected chi connectivity index (χ4v) is 1.99. The Balaban J connectivity index is 2.36. The van der Waals surface area contributed by atoms with Crippen LogP contribution in [0.15, 0.2) is 27.2 Å². The number of alkyl halides is 3. The number of hydrogen-bond donors (Lipinski definition) is 1. The van der Waals surface area contributed by atoms with Gasteiger partial charge in [-0.3, -0.25) is 4.79 Å². The minimum atomic E-state index is -4.57. The topological polar surface area (TPSA) is 76.2 Å². The SMILES string of the molecule is O=C(O)CCc1nc(-c2ccc(Br)cc2C(F)(F)F)no1. The molecule has 21 heavy (non-hydrogen) atoms. The minimum absolute atomic E-state index is 0.0246. The molecule has 112 valence electrons. The molecule has 0 aliphatic heterocycles. The molecular formula is C12H8BrF3N2O3. The molecule has 9 heteroatoms. The summed E-state index contributed by atoms with van der Waals surface area (Å²) in [5.74, 6) is -1.31. The van der Waals surface area contributed by atoms with Gasteiger partial charge in [0.15, 0.2) is 0 Å². The van der Waals surface area contributed by atoms with Gasteiger partial charge in [-0.1, -0.05) is 21.1 Å². The quantitative estimate of drug-likeness (QED) is 0.897. The van der Waals surface area contributed by atoms with E-state index in [1.54, 1.807) is 0 Å². The fraction of sp³-hybridized carbons (Fsp3) is 0.250. The van der Waals surface area contributed by atoms with Crippen molar-refractivity contribution in [3.05, 3.63) is 34.1 Å². The number of nitrogens with zero attached hydrogens (tertiary/aromatic N) is 2. The number of rotatable bonds is 4. The van der Waals surface area contributed by atoms with E-state index < -0.39 is 17.7 Å². The first kappa shape index (κ1) is 15.5. The molecule has 2 rings (SSSR count). The summed E-state index contributed by atoms with van der Waals surface area (Å²) >= 11 is 2.98. The maximum absolute atomic E-state index is 13.0. The summed E-state index contributed by atoms with van der Waals surface area (Å²) in [4.78, 5) is 14.2. The zero-order chi connectivity index (χ0) is 15.6. The van der Waals surface area contributed by atoms with Crippen molar-refractivity contribution in [2.75, 3.05) is 0 Å². The third-order valence-electron chi connectivity index (χ3n) is 2.55. The lowest BCUT2D eigenvalue weighted by Crippen LogP contribution is -2.07. The van der Waals surface area contributed by atoms with E-state index in [2.05, 4.69) is 26.1 Å². The highest BCUT2D eigenvalue weighted by Gasteiger charge is 2.35. The van der Waals surface area contributed by atoms with E-state index in [9.17, 15) is 18.0 Å². The minimum Gasteiger partial charge on any atom is -0.481 e. The third-order valence-corrected chi connectivity index (χ3v) is 3.04. The summed E-state index contributed by atoms with van der Waals surface area (Å²) in [6.45, 7) is 0. The molecule has 1 aromatic heterocycles. The number of aliphatic carboxylic acids is 1. The summed E-state index contributed by atoms with van der Waals surface area (Å²) in [5, 5.41) is 12.0. The molecule has 1 N–H and O–H groups in total. The van der Waals surface area contributed by atoms with Crippen LogP contribution in [0, 0.1) is 0 Å². The van der Waals surface area contributed by atoms with E-state index >= 15 is 0 Å². The Bertz CT molecular complexity index is 670. The summed E-state index contributed by atoms with van der Waals surface area (Å²) in [6, 6.07) is 3.57. The van der Waals surface area contributed by atoms with Crippen LogP contribution in [0.2, 0.25) is 0 Å².